The summed E-state index contributed by atoms with van der Waals surface area (Å²) >= 11 is 0. The minimum Gasteiger partial charge on any atom is -0.508 e. The molecule has 0 amide bonds. The second-order valence-corrected chi connectivity index (χ2v) is 6.72. The summed E-state index contributed by atoms with van der Waals surface area (Å²) in [4.78, 5) is 24.5. The van der Waals surface area contributed by atoms with Crippen LogP contribution in [0.4, 0.5) is 0 Å². The van der Waals surface area contributed by atoms with Crippen molar-refractivity contribution in [2.75, 3.05) is 0 Å². The van der Waals surface area contributed by atoms with Gasteiger partial charge in [-0.15, -0.1) is 0 Å². The van der Waals surface area contributed by atoms with Crippen molar-refractivity contribution in [2.45, 2.75) is 57.8 Å². The number of aliphatic hydroxyl groups excluding tert-OH is 2. The molecule has 3 atom stereocenters. The van der Waals surface area contributed by atoms with Crippen LogP contribution in [-0.4, -0.2) is 50.5 Å². The van der Waals surface area contributed by atoms with Gasteiger partial charge in [-0.05, 0) is 50.8 Å². The molecule has 0 fully saturated rings. The first-order valence-corrected chi connectivity index (χ1v) is 8.52. The molecule has 1 aromatic rings. The van der Waals surface area contributed by atoms with Crippen LogP contribution in [0.2, 0.25) is 0 Å². The van der Waals surface area contributed by atoms with Crippen LogP contribution in [0.1, 0.15) is 49.0 Å². The summed E-state index contributed by atoms with van der Waals surface area (Å²) in [6.07, 6.45) is -1.16. The normalized spacial score (nSPS) is 27.7. The van der Waals surface area contributed by atoms with Gasteiger partial charge in [0.1, 0.15) is 29.3 Å². The molecule has 2 rings (SSSR count). The average Bonchev–Trinajstić information content (AvgIpc) is 2.51. The van der Waals surface area contributed by atoms with Gasteiger partial charge in [0, 0.05) is 12.5 Å². The van der Waals surface area contributed by atoms with Gasteiger partial charge in [0.15, 0.2) is 5.78 Å². The molecule has 1 aliphatic heterocycles. The number of phenolic OH excluding ortho intramolecular Hbond substituents is 2. The highest BCUT2D eigenvalue weighted by molar-refractivity contribution is 5.95. The van der Waals surface area contributed by atoms with Crippen molar-refractivity contribution in [1.29, 1.82) is 0 Å². The molecular formula is C19H24O7. The van der Waals surface area contributed by atoms with E-state index in [-0.39, 0.29) is 36.3 Å². The van der Waals surface area contributed by atoms with Crippen LogP contribution in [0.5, 0.6) is 11.5 Å². The number of carbonyl (C=O) groups excluding carboxylic acids is 2. The topological polar surface area (TPSA) is 124 Å². The highest BCUT2D eigenvalue weighted by atomic mass is 16.5. The van der Waals surface area contributed by atoms with E-state index in [1.54, 1.807) is 13.8 Å². The van der Waals surface area contributed by atoms with Crippen molar-refractivity contribution >= 4 is 11.8 Å². The van der Waals surface area contributed by atoms with Crippen LogP contribution < -0.4 is 0 Å². The van der Waals surface area contributed by atoms with Crippen molar-refractivity contribution < 1.29 is 34.8 Å². The highest BCUT2D eigenvalue weighted by Crippen LogP contribution is 2.30. The number of ketones is 1. The fourth-order valence-corrected chi connectivity index (χ4v) is 3.07. The molecule has 7 heteroatoms. The fraction of sp³-hybridized carbons (Fsp3) is 0.474. The summed E-state index contributed by atoms with van der Waals surface area (Å²) in [5.74, 6) is -1.90. The maximum atomic E-state index is 12.5. The summed E-state index contributed by atoms with van der Waals surface area (Å²) in [6.45, 7) is 3.31. The second-order valence-electron chi connectivity index (χ2n) is 6.72. The molecule has 4 N–H and O–H groups in total. The molecule has 0 aromatic heterocycles. The average molecular weight is 364 g/mol. The molecule has 26 heavy (non-hydrogen) atoms. The van der Waals surface area contributed by atoms with Crippen LogP contribution in [0, 0.1) is 0 Å². The Labute approximate surface area is 151 Å². The maximum Gasteiger partial charge on any atom is 0.342 e. The number of rotatable bonds is 0. The summed E-state index contributed by atoms with van der Waals surface area (Å²) in [5.41, 5.74) is 0.935. The molecule has 0 radical (unpaired) electrons. The van der Waals surface area contributed by atoms with E-state index >= 15 is 0 Å². The third kappa shape index (κ3) is 4.83. The first-order valence-electron chi connectivity index (χ1n) is 8.52. The summed E-state index contributed by atoms with van der Waals surface area (Å²) < 4.78 is 5.35. The van der Waals surface area contributed by atoms with Crippen LogP contribution in [0.25, 0.3) is 0 Å². The predicted molar refractivity (Wildman–Crippen MR) is 93.0 cm³/mol. The Bertz CT molecular complexity index is 723. The standard InChI is InChI=1S/C19H24O7/c1-10-6-11(2)26-19(25)17-12(8-13(20)9-15(17)22)4-3-5-14(21)18(24)16(23)7-10/h7-9,11,14,18,20-22,24H,3-6H2,1-2H3/b10-7-/t11?,14-,18-/m0/s1. The molecule has 0 aliphatic carbocycles. The van der Waals surface area contributed by atoms with Crippen LogP contribution in [0.15, 0.2) is 23.8 Å². The Morgan fingerprint density at radius 1 is 1.15 bits per heavy atom. The maximum absolute atomic E-state index is 12.5. The lowest BCUT2D eigenvalue weighted by Crippen LogP contribution is -2.33. The Morgan fingerprint density at radius 3 is 2.54 bits per heavy atom. The minimum absolute atomic E-state index is 0.0283. The van der Waals surface area contributed by atoms with Gasteiger partial charge in [0.05, 0.1) is 6.10 Å². The number of aliphatic hydroxyl groups is 2. The Morgan fingerprint density at radius 2 is 1.85 bits per heavy atom. The van der Waals surface area contributed by atoms with Gasteiger partial charge in [-0.2, -0.15) is 0 Å². The van der Waals surface area contributed by atoms with Crippen molar-refractivity contribution in [3.8, 4) is 11.5 Å². The third-order valence-electron chi connectivity index (χ3n) is 4.30. The first kappa shape index (κ1) is 19.9. The van der Waals surface area contributed by atoms with Gasteiger partial charge >= 0.3 is 5.97 Å². The SMILES string of the molecule is C/C1=C/C(=O)[C@@H](O)[C@@H](O)CCCc2cc(O)cc(O)c2C(=O)OC(C)C1. The molecule has 0 saturated heterocycles. The number of cyclic esters (lactones) is 1. The summed E-state index contributed by atoms with van der Waals surface area (Å²) in [6, 6.07) is 2.42. The summed E-state index contributed by atoms with van der Waals surface area (Å²) in [5, 5.41) is 39.7. The van der Waals surface area contributed by atoms with Crippen molar-refractivity contribution in [3.05, 3.63) is 34.9 Å². The van der Waals surface area contributed by atoms with Gasteiger partial charge < -0.3 is 25.2 Å². The second kappa shape index (κ2) is 8.33. The molecule has 0 spiro atoms. The van der Waals surface area contributed by atoms with Crippen LogP contribution >= 0.6 is 0 Å². The first-order chi connectivity index (χ1) is 12.2. The lowest BCUT2D eigenvalue weighted by molar-refractivity contribution is -0.128. The Hall–Kier alpha value is -2.38. The van der Waals surface area contributed by atoms with Crippen LogP contribution in [-0.2, 0) is 16.0 Å². The van der Waals surface area contributed by atoms with Crippen LogP contribution in [0.3, 0.4) is 0 Å². The lowest BCUT2D eigenvalue weighted by Gasteiger charge is -2.19. The van der Waals surface area contributed by atoms with Gasteiger partial charge in [-0.1, -0.05) is 5.57 Å². The summed E-state index contributed by atoms with van der Waals surface area (Å²) in [7, 11) is 0. The van der Waals surface area contributed by atoms with E-state index in [9.17, 15) is 30.0 Å². The van der Waals surface area contributed by atoms with E-state index in [2.05, 4.69) is 0 Å². The van der Waals surface area contributed by atoms with Gasteiger partial charge in [-0.3, -0.25) is 4.79 Å². The van der Waals surface area contributed by atoms with Gasteiger partial charge in [0.25, 0.3) is 0 Å². The zero-order valence-electron chi connectivity index (χ0n) is 14.8. The molecule has 1 unspecified atom stereocenters. The molecule has 0 saturated carbocycles. The molecule has 142 valence electrons. The number of hydrogen-bond donors (Lipinski definition) is 4. The molecular weight excluding hydrogens is 340 g/mol. The van der Waals surface area contributed by atoms with E-state index in [0.29, 0.717) is 17.6 Å². The third-order valence-corrected chi connectivity index (χ3v) is 4.30. The zero-order chi connectivity index (χ0) is 19.4. The number of aryl methyl sites for hydroxylation is 1. The van der Waals surface area contributed by atoms with Crippen molar-refractivity contribution in [1.82, 2.24) is 0 Å². The van der Waals surface area contributed by atoms with E-state index in [1.807, 2.05) is 0 Å². The van der Waals surface area contributed by atoms with E-state index in [1.165, 1.54) is 12.1 Å². The predicted octanol–water partition coefficient (Wildman–Crippen LogP) is 1.61. The number of aromatic hydroxyl groups is 2. The van der Waals surface area contributed by atoms with E-state index in [4.69, 9.17) is 4.74 Å². The Balaban J connectivity index is 2.38. The number of esters is 1. The van der Waals surface area contributed by atoms with E-state index in [0.717, 1.165) is 6.07 Å². The monoisotopic (exact) mass is 364 g/mol. The van der Waals surface area contributed by atoms with E-state index < -0.39 is 30.1 Å². The van der Waals surface area contributed by atoms with Gasteiger partial charge in [-0.25, -0.2) is 4.79 Å². The van der Waals surface area contributed by atoms with Crippen molar-refractivity contribution in [2.24, 2.45) is 0 Å². The lowest BCUT2D eigenvalue weighted by atomic mass is 9.96. The minimum atomic E-state index is -1.53. The van der Waals surface area contributed by atoms with Gasteiger partial charge in [0.2, 0.25) is 0 Å². The number of carbonyl (C=O) groups is 2. The molecule has 1 aromatic carbocycles. The Kier molecular flexibility index (Phi) is 6.39. The number of hydrogen-bond acceptors (Lipinski definition) is 7. The largest absolute Gasteiger partial charge is 0.508 e. The van der Waals surface area contributed by atoms with Crippen molar-refractivity contribution in [3.63, 3.8) is 0 Å². The zero-order valence-corrected chi connectivity index (χ0v) is 14.8. The molecule has 0 bridgehead atoms. The number of phenols is 2. The quantitative estimate of drug-likeness (QED) is 0.516. The number of fused-ring (bicyclic) bond motifs is 1. The fourth-order valence-electron chi connectivity index (χ4n) is 3.07. The number of ether oxygens (including phenoxy) is 1. The highest BCUT2D eigenvalue weighted by Gasteiger charge is 2.25. The smallest absolute Gasteiger partial charge is 0.342 e. The molecule has 1 heterocycles. The molecule has 7 nitrogen and oxygen atoms in total. The molecule has 1 aliphatic rings. The number of benzene rings is 1.